The molecule has 0 spiro atoms. The number of aryl methyl sites for hydroxylation is 1. The molecule has 1 aliphatic rings. The number of thiazole rings is 1. The largest absolute Gasteiger partial charge is 0.326 e. The number of hydrogen-bond donors (Lipinski definition) is 2. The number of aromatic nitrogens is 1. The SMILES string of the molecule is Cc1sc(NC(=O)CSc2cccc(NC(=O)C3CC3)c2)nc1-c1ccccc1. The highest BCUT2D eigenvalue weighted by Crippen LogP contribution is 2.32. The molecule has 7 heteroatoms. The van der Waals surface area contributed by atoms with E-state index in [1.807, 2.05) is 61.5 Å². The Labute approximate surface area is 178 Å². The molecule has 1 heterocycles. The third-order valence-corrected chi connectivity index (χ3v) is 6.39. The van der Waals surface area contributed by atoms with Crippen LogP contribution in [0.4, 0.5) is 10.8 Å². The van der Waals surface area contributed by atoms with Crippen LogP contribution in [0.1, 0.15) is 17.7 Å². The van der Waals surface area contributed by atoms with Gasteiger partial charge in [0.25, 0.3) is 0 Å². The van der Waals surface area contributed by atoms with Crippen molar-refractivity contribution in [2.24, 2.45) is 5.92 Å². The van der Waals surface area contributed by atoms with Gasteiger partial charge >= 0.3 is 0 Å². The van der Waals surface area contributed by atoms with Gasteiger partial charge in [-0.1, -0.05) is 36.4 Å². The van der Waals surface area contributed by atoms with Gasteiger partial charge in [0.05, 0.1) is 11.4 Å². The highest BCUT2D eigenvalue weighted by Gasteiger charge is 2.29. The molecule has 148 valence electrons. The molecule has 0 bridgehead atoms. The molecule has 1 aromatic heterocycles. The van der Waals surface area contributed by atoms with E-state index in [1.165, 1.54) is 23.1 Å². The van der Waals surface area contributed by atoms with Crippen molar-refractivity contribution >= 4 is 45.7 Å². The summed E-state index contributed by atoms with van der Waals surface area (Å²) in [5.41, 5.74) is 2.72. The van der Waals surface area contributed by atoms with E-state index in [9.17, 15) is 9.59 Å². The predicted molar refractivity (Wildman–Crippen MR) is 119 cm³/mol. The van der Waals surface area contributed by atoms with Crippen LogP contribution in [-0.4, -0.2) is 22.6 Å². The van der Waals surface area contributed by atoms with Crippen LogP contribution >= 0.6 is 23.1 Å². The zero-order valence-electron chi connectivity index (χ0n) is 16.0. The van der Waals surface area contributed by atoms with Crippen LogP contribution in [0.2, 0.25) is 0 Å². The Morgan fingerprint density at radius 2 is 1.90 bits per heavy atom. The second kappa shape index (κ2) is 8.80. The van der Waals surface area contributed by atoms with Crippen LogP contribution < -0.4 is 10.6 Å². The number of carbonyl (C=O) groups excluding carboxylic acids is 2. The quantitative estimate of drug-likeness (QED) is 0.513. The average molecular weight is 424 g/mol. The first-order valence-corrected chi connectivity index (χ1v) is 11.2. The molecule has 29 heavy (non-hydrogen) atoms. The van der Waals surface area contributed by atoms with Crippen molar-refractivity contribution in [3.63, 3.8) is 0 Å². The number of thioether (sulfide) groups is 1. The molecule has 2 N–H and O–H groups in total. The van der Waals surface area contributed by atoms with Gasteiger partial charge in [-0.2, -0.15) is 0 Å². The molecular formula is C22H21N3O2S2. The fourth-order valence-electron chi connectivity index (χ4n) is 2.87. The maximum Gasteiger partial charge on any atom is 0.236 e. The molecule has 1 fully saturated rings. The third-order valence-electron chi connectivity index (χ3n) is 4.51. The number of anilines is 2. The van der Waals surface area contributed by atoms with Crippen molar-refractivity contribution in [3.8, 4) is 11.3 Å². The van der Waals surface area contributed by atoms with Gasteiger partial charge in [-0.15, -0.1) is 23.1 Å². The van der Waals surface area contributed by atoms with Gasteiger partial charge in [-0.3, -0.25) is 9.59 Å². The lowest BCUT2D eigenvalue weighted by molar-refractivity contribution is -0.117. The summed E-state index contributed by atoms with van der Waals surface area (Å²) in [7, 11) is 0. The number of amides is 2. The van der Waals surface area contributed by atoms with E-state index in [4.69, 9.17) is 0 Å². The van der Waals surface area contributed by atoms with Crippen molar-refractivity contribution in [2.45, 2.75) is 24.7 Å². The second-order valence-electron chi connectivity index (χ2n) is 6.92. The van der Waals surface area contributed by atoms with Crippen molar-refractivity contribution < 1.29 is 9.59 Å². The minimum Gasteiger partial charge on any atom is -0.326 e. The molecule has 4 rings (SSSR count). The van der Waals surface area contributed by atoms with Crippen molar-refractivity contribution in [3.05, 3.63) is 59.5 Å². The molecule has 2 amide bonds. The van der Waals surface area contributed by atoms with Crippen LogP contribution in [0.3, 0.4) is 0 Å². The Hall–Kier alpha value is -2.64. The summed E-state index contributed by atoms with van der Waals surface area (Å²) in [5.74, 6) is 0.424. The standard InChI is InChI=1S/C22H21N3O2S2/c1-14-20(15-6-3-2-4-7-15)25-22(29-14)24-19(26)13-28-18-9-5-8-17(12-18)23-21(27)16-10-11-16/h2-9,12,16H,10-11,13H2,1H3,(H,23,27)(H,24,25,26). The first kappa shape index (κ1) is 19.7. The minimum atomic E-state index is -0.101. The summed E-state index contributed by atoms with van der Waals surface area (Å²) < 4.78 is 0. The van der Waals surface area contributed by atoms with Gasteiger partial charge in [-0.05, 0) is 38.0 Å². The fourth-order valence-corrected chi connectivity index (χ4v) is 4.48. The molecule has 0 aliphatic heterocycles. The lowest BCUT2D eigenvalue weighted by Gasteiger charge is -2.07. The van der Waals surface area contributed by atoms with E-state index < -0.39 is 0 Å². The second-order valence-corrected chi connectivity index (χ2v) is 9.17. The summed E-state index contributed by atoms with van der Waals surface area (Å²) >= 11 is 2.91. The lowest BCUT2D eigenvalue weighted by Crippen LogP contribution is -2.14. The fraction of sp³-hybridized carbons (Fsp3) is 0.227. The van der Waals surface area contributed by atoms with E-state index in [0.29, 0.717) is 5.13 Å². The van der Waals surface area contributed by atoms with Crippen molar-refractivity contribution in [1.82, 2.24) is 4.98 Å². The summed E-state index contributed by atoms with van der Waals surface area (Å²) in [5, 5.41) is 6.43. The summed E-state index contributed by atoms with van der Waals surface area (Å²) in [6.45, 7) is 2.01. The van der Waals surface area contributed by atoms with Gasteiger partial charge in [0.1, 0.15) is 0 Å². The van der Waals surface area contributed by atoms with Gasteiger partial charge < -0.3 is 10.6 Å². The molecular weight excluding hydrogens is 402 g/mol. The monoisotopic (exact) mass is 423 g/mol. The van der Waals surface area contributed by atoms with Crippen molar-refractivity contribution in [1.29, 1.82) is 0 Å². The van der Waals surface area contributed by atoms with E-state index in [1.54, 1.807) is 0 Å². The topological polar surface area (TPSA) is 71.1 Å². The molecule has 0 atom stereocenters. The Kier molecular flexibility index (Phi) is 5.97. The normalized spacial score (nSPS) is 13.1. The molecule has 0 radical (unpaired) electrons. The van der Waals surface area contributed by atoms with Crippen LogP contribution in [0.5, 0.6) is 0 Å². The van der Waals surface area contributed by atoms with Gasteiger partial charge in [-0.25, -0.2) is 4.98 Å². The molecule has 0 unspecified atom stereocenters. The number of rotatable bonds is 7. The van der Waals surface area contributed by atoms with Gasteiger partial charge in [0, 0.05) is 26.9 Å². The minimum absolute atomic E-state index is 0.0817. The zero-order chi connectivity index (χ0) is 20.2. The Morgan fingerprint density at radius 3 is 2.66 bits per heavy atom. The highest BCUT2D eigenvalue weighted by molar-refractivity contribution is 8.00. The summed E-state index contributed by atoms with van der Waals surface area (Å²) in [6, 6.07) is 17.5. The maximum absolute atomic E-state index is 12.4. The average Bonchev–Trinajstić information content (AvgIpc) is 3.51. The number of hydrogen-bond acceptors (Lipinski definition) is 5. The number of carbonyl (C=O) groups is 2. The highest BCUT2D eigenvalue weighted by atomic mass is 32.2. The molecule has 1 saturated carbocycles. The zero-order valence-corrected chi connectivity index (χ0v) is 17.6. The molecule has 0 saturated heterocycles. The van der Waals surface area contributed by atoms with Gasteiger partial charge in [0.2, 0.25) is 11.8 Å². The molecule has 3 aromatic rings. The Bertz CT molecular complexity index is 1030. The van der Waals surface area contributed by atoms with E-state index >= 15 is 0 Å². The smallest absolute Gasteiger partial charge is 0.236 e. The van der Waals surface area contributed by atoms with Crippen molar-refractivity contribution in [2.75, 3.05) is 16.4 Å². The van der Waals surface area contributed by atoms with Crippen LogP contribution in [0, 0.1) is 12.8 Å². The maximum atomic E-state index is 12.4. The molecule has 2 aromatic carbocycles. The number of nitrogens with one attached hydrogen (secondary N) is 2. The molecule has 1 aliphatic carbocycles. The first-order chi connectivity index (χ1) is 14.1. The van der Waals surface area contributed by atoms with Gasteiger partial charge in [0.15, 0.2) is 5.13 Å². The van der Waals surface area contributed by atoms with E-state index in [-0.39, 0.29) is 23.5 Å². The van der Waals surface area contributed by atoms with Crippen LogP contribution in [0.25, 0.3) is 11.3 Å². The summed E-state index contributed by atoms with van der Waals surface area (Å²) in [6.07, 6.45) is 1.95. The first-order valence-electron chi connectivity index (χ1n) is 9.45. The van der Waals surface area contributed by atoms with E-state index in [0.717, 1.165) is 39.6 Å². The van der Waals surface area contributed by atoms with Crippen LogP contribution in [-0.2, 0) is 9.59 Å². The number of benzene rings is 2. The third kappa shape index (κ3) is 5.25. The number of nitrogens with zero attached hydrogens (tertiary/aromatic N) is 1. The van der Waals surface area contributed by atoms with Crippen LogP contribution in [0.15, 0.2) is 59.5 Å². The predicted octanol–water partition coefficient (Wildman–Crippen LogP) is 5.20. The Morgan fingerprint density at radius 1 is 1.10 bits per heavy atom. The molecule has 5 nitrogen and oxygen atoms in total. The summed E-state index contributed by atoms with van der Waals surface area (Å²) in [4.78, 5) is 30.8. The van der Waals surface area contributed by atoms with E-state index in [2.05, 4.69) is 15.6 Å². The lowest BCUT2D eigenvalue weighted by atomic mass is 10.1. The Balaban J connectivity index is 1.33.